The standard InChI is InChI=1S/C15H20N2O3/c1-11-8-12(2)17(16-11)9-13(18)10-20-15-6-4-14(19-3)5-7-15/h4-8,13,18H,9-10H2,1-3H3/t13-/m0/s1. The fourth-order valence-electron chi connectivity index (χ4n) is 1.98. The van der Waals surface area contributed by atoms with Crippen LogP contribution in [0.5, 0.6) is 11.5 Å². The van der Waals surface area contributed by atoms with Crippen LogP contribution in [0.3, 0.4) is 0 Å². The van der Waals surface area contributed by atoms with Crippen LogP contribution >= 0.6 is 0 Å². The van der Waals surface area contributed by atoms with Gasteiger partial charge in [-0.2, -0.15) is 5.10 Å². The van der Waals surface area contributed by atoms with Crippen molar-refractivity contribution in [3.8, 4) is 11.5 Å². The Hall–Kier alpha value is -2.01. The Morgan fingerprint density at radius 3 is 2.40 bits per heavy atom. The maximum Gasteiger partial charge on any atom is 0.119 e. The van der Waals surface area contributed by atoms with Crippen LogP contribution in [-0.2, 0) is 6.54 Å². The third-order valence-corrected chi connectivity index (χ3v) is 2.99. The van der Waals surface area contributed by atoms with Gasteiger partial charge in [-0.15, -0.1) is 0 Å². The average molecular weight is 276 g/mol. The van der Waals surface area contributed by atoms with E-state index in [1.807, 2.05) is 44.2 Å². The molecule has 1 aromatic carbocycles. The molecule has 1 aromatic heterocycles. The smallest absolute Gasteiger partial charge is 0.119 e. The van der Waals surface area contributed by atoms with E-state index < -0.39 is 6.10 Å². The molecule has 1 atom stereocenters. The van der Waals surface area contributed by atoms with Gasteiger partial charge in [0, 0.05) is 5.69 Å². The highest BCUT2D eigenvalue weighted by Crippen LogP contribution is 2.17. The first-order valence-electron chi connectivity index (χ1n) is 6.54. The largest absolute Gasteiger partial charge is 0.497 e. The second kappa shape index (κ2) is 6.43. The summed E-state index contributed by atoms with van der Waals surface area (Å²) in [5, 5.41) is 14.3. The molecule has 1 N–H and O–H groups in total. The van der Waals surface area contributed by atoms with Crippen molar-refractivity contribution >= 4 is 0 Å². The molecule has 0 unspecified atom stereocenters. The predicted molar refractivity (Wildman–Crippen MR) is 76.2 cm³/mol. The minimum atomic E-state index is -0.602. The molecule has 0 radical (unpaired) electrons. The maximum absolute atomic E-state index is 9.99. The van der Waals surface area contributed by atoms with Crippen molar-refractivity contribution < 1.29 is 14.6 Å². The molecule has 0 saturated carbocycles. The Labute approximate surface area is 118 Å². The molecule has 0 spiro atoms. The summed E-state index contributed by atoms with van der Waals surface area (Å²) in [4.78, 5) is 0. The zero-order valence-electron chi connectivity index (χ0n) is 12.0. The summed E-state index contributed by atoms with van der Waals surface area (Å²) >= 11 is 0. The molecule has 0 aliphatic heterocycles. The van der Waals surface area contributed by atoms with Crippen molar-refractivity contribution in [1.82, 2.24) is 9.78 Å². The number of methoxy groups -OCH3 is 1. The first-order chi connectivity index (χ1) is 9.58. The van der Waals surface area contributed by atoms with Gasteiger partial charge in [-0.3, -0.25) is 4.68 Å². The van der Waals surface area contributed by atoms with Gasteiger partial charge in [0.25, 0.3) is 0 Å². The predicted octanol–water partition coefficient (Wildman–Crippen LogP) is 1.95. The first kappa shape index (κ1) is 14.4. The molecule has 5 nitrogen and oxygen atoms in total. The van der Waals surface area contributed by atoms with Crippen LogP contribution in [0.2, 0.25) is 0 Å². The van der Waals surface area contributed by atoms with Crippen molar-refractivity contribution in [1.29, 1.82) is 0 Å². The van der Waals surface area contributed by atoms with Crippen molar-refractivity contribution in [3.63, 3.8) is 0 Å². The zero-order chi connectivity index (χ0) is 14.5. The Bertz CT molecular complexity index is 549. The summed E-state index contributed by atoms with van der Waals surface area (Å²) in [6.45, 7) is 4.56. The molecule has 0 amide bonds. The number of rotatable bonds is 6. The van der Waals surface area contributed by atoms with E-state index in [0.29, 0.717) is 12.3 Å². The third kappa shape index (κ3) is 3.74. The van der Waals surface area contributed by atoms with Gasteiger partial charge < -0.3 is 14.6 Å². The molecule has 2 aromatic rings. The lowest BCUT2D eigenvalue weighted by atomic mass is 10.3. The minimum absolute atomic E-state index is 0.227. The Balaban J connectivity index is 1.85. The van der Waals surface area contributed by atoms with Crippen molar-refractivity contribution in [2.75, 3.05) is 13.7 Å². The fraction of sp³-hybridized carbons (Fsp3) is 0.400. The summed E-state index contributed by atoms with van der Waals surface area (Å²) in [7, 11) is 1.62. The maximum atomic E-state index is 9.99. The second-order valence-corrected chi connectivity index (χ2v) is 4.75. The van der Waals surface area contributed by atoms with Gasteiger partial charge in [-0.25, -0.2) is 0 Å². The van der Waals surface area contributed by atoms with Crippen LogP contribution in [0.1, 0.15) is 11.4 Å². The van der Waals surface area contributed by atoms with E-state index in [1.54, 1.807) is 11.8 Å². The van der Waals surface area contributed by atoms with Crippen LogP contribution in [-0.4, -0.2) is 34.7 Å². The number of aliphatic hydroxyl groups excluding tert-OH is 1. The van der Waals surface area contributed by atoms with Gasteiger partial charge in [0.2, 0.25) is 0 Å². The van der Waals surface area contributed by atoms with Crippen molar-refractivity contribution in [2.45, 2.75) is 26.5 Å². The topological polar surface area (TPSA) is 56.5 Å². The van der Waals surface area contributed by atoms with Crippen LogP contribution in [0, 0.1) is 13.8 Å². The summed E-state index contributed by atoms with van der Waals surface area (Å²) in [6, 6.07) is 9.26. The van der Waals surface area contributed by atoms with Gasteiger partial charge in [0.05, 0.1) is 19.3 Å². The molecule has 5 heteroatoms. The number of hydrogen-bond donors (Lipinski definition) is 1. The lowest BCUT2D eigenvalue weighted by Gasteiger charge is -2.13. The number of ether oxygens (including phenoxy) is 2. The highest BCUT2D eigenvalue weighted by molar-refractivity contribution is 5.31. The minimum Gasteiger partial charge on any atom is -0.497 e. The van der Waals surface area contributed by atoms with Gasteiger partial charge in [0.15, 0.2) is 0 Å². The van der Waals surface area contributed by atoms with Crippen molar-refractivity contribution in [2.24, 2.45) is 0 Å². The normalized spacial score (nSPS) is 12.2. The number of aliphatic hydroxyl groups is 1. The number of aryl methyl sites for hydroxylation is 2. The lowest BCUT2D eigenvalue weighted by Crippen LogP contribution is -2.24. The average Bonchev–Trinajstić information content (AvgIpc) is 2.75. The Morgan fingerprint density at radius 2 is 1.85 bits per heavy atom. The molecule has 108 valence electrons. The Kier molecular flexibility index (Phi) is 4.63. The van der Waals surface area contributed by atoms with Crippen LogP contribution in [0.15, 0.2) is 30.3 Å². The Morgan fingerprint density at radius 1 is 1.20 bits per heavy atom. The number of benzene rings is 1. The fourth-order valence-corrected chi connectivity index (χ4v) is 1.98. The summed E-state index contributed by atoms with van der Waals surface area (Å²) in [6.07, 6.45) is -0.602. The van der Waals surface area contributed by atoms with E-state index >= 15 is 0 Å². The molecule has 20 heavy (non-hydrogen) atoms. The van der Waals surface area contributed by atoms with Gasteiger partial charge in [0.1, 0.15) is 24.2 Å². The van der Waals surface area contributed by atoms with Gasteiger partial charge in [-0.05, 0) is 44.2 Å². The van der Waals surface area contributed by atoms with E-state index in [1.165, 1.54) is 0 Å². The quantitative estimate of drug-likeness (QED) is 0.876. The molecule has 0 fully saturated rings. The zero-order valence-corrected chi connectivity index (χ0v) is 12.0. The molecular formula is C15H20N2O3. The van der Waals surface area contributed by atoms with Crippen LogP contribution in [0.25, 0.3) is 0 Å². The van der Waals surface area contributed by atoms with Crippen LogP contribution < -0.4 is 9.47 Å². The summed E-state index contributed by atoms with van der Waals surface area (Å²) in [5.41, 5.74) is 1.98. The molecule has 0 aliphatic rings. The third-order valence-electron chi connectivity index (χ3n) is 2.99. The van der Waals surface area contributed by atoms with Gasteiger partial charge in [-0.1, -0.05) is 0 Å². The highest BCUT2D eigenvalue weighted by Gasteiger charge is 2.09. The molecule has 2 rings (SSSR count). The molecular weight excluding hydrogens is 256 g/mol. The lowest BCUT2D eigenvalue weighted by molar-refractivity contribution is 0.0887. The SMILES string of the molecule is COc1ccc(OC[C@@H](O)Cn2nc(C)cc2C)cc1. The highest BCUT2D eigenvalue weighted by atomic mass is 16.5. The summed E-state index contributed by atoms with van der Waals surface area (Å²) < 4.78 is 12.4. The molecule has 1 heterocycles. The van der Waals surface area contributed by atoms with E-state index in [-0.39, 0.29) is 6.61 Å². The number of nitrogens with zero attached hydrogens (tertiary/aromatic N) is 2. The summed E-state index contributed by atoms with van der Waals surface area (Å²) in [5.74, 6) is 1.48. The van der Waals surface area contributed by atoms with E-state index in [2.05, 4.69) is 5.10 Å². The van der Waals surface area contributed by atoms with Gasteiger partial charge >= 0.3 is 0 Å². The van der Waals surface area contributed by atoms with E-state index in [0.717, 1.165) is 17.1 Å². The molecule has 0 bridgehead atoms. The van der Waals surface area contributed by atoms with Crippen molar-refractivity contribution in [3.05, 3.63) is 41.7 Å². The van der Waals surface area contributed by atoms with Crippen LogP contribution in [0.4, 0.5) is 0 Å². The molecule has 0 saturated heterocycles. The molecule has 0 aliphatic carbocycles. The van der Waals surface area contributed by atoms with E-state index in [4.69, 9.17) is 9.47 Å². The number of aromatic nitrogens is 2. The van der Waals surface area contributed by atoms with E-state index in [9.17, 15) is 5.11 Å². The second-order valence-electron chi connectivity index (χ2n) is 4.75. The first-order valence-corrected chi connectivity index (χ1v) is 6.54. The number of hydrogen-bond acceptors (Lipinski definition) is 4. The monoisotopic (exact) mass is 276 g/mol.